The van der Waals surface area contributed by atoms with Gasteiger partial charge < -0.3 is 9.22 Å². The van der Waals surface area contributed by atoms with Gasteiger partial charge in [-0.2, -0.15) is 0 Å². The first kappa shape index (κ1) is 18.5. The van der Waals surface area contributed by atoms with Crippen LogP contribution in [0.4, 0.5) is 0 Å². The van der Waals surface area contributed by atoms with E-state index in [4.69, 9.17) is 4.43 Å². The third-order valence-corrected chi connectivity index (χ3v) is 12.3. The fraction of sp³-hybridized carbons (Fsp3) is 0.647. The SMILES string of the molecule is CC(C)[Si](Oc1ccccc1[Si](C)(C)O)(C(C)C)C(C)C. The zero-order valence-corrected chi connectivity index (χ0v) is 16.9. The van der Waals surface area contributed by atoms with Crippen molar-refractivity contribution in [3.8, 4) is 5.75 Å². The average molecular weight is 325 g/mol. The summed E-state index contributed by atoms with van der Waals surface area (Å²) in [7, 11) is -4.35. The summed E-state index contributed by atoms with van der Waals surface area (Å²) in [5.74, 6) is 0.916. The normalized spacial score (nSPS) is 13.3. The van der Waals surface area contributed by atoms with E-state index in [2.05, 4.69) is 41.5 Å². The van der Waals surface area contributed by atoms with Crippen molar-refractivity contribution in [1.82, 2.24) is 0 Å². The molecule has 0 radical (unpaired) electrons. The van der Waals surface area contributed by atoms with Crippen molar-refractivity contribution in [3.63, 3.8) is 0 Å². The quantitative estimate of drug-likeness (QED) is 0.772. The summed E-state index contributed by atoms with van der Waals surface area (Å²) in [6.07, 6.45) is 0. The van der Waals surface area contributed by atoms with Gasteiger partial charge in [-0.3, -0.25) is 0 Å². The van der Waals surface area contributed by atoms with Crippen LogP contribution < -0.4 is 9.61 Å². The summed E-state index contributed by atoms with van der Waals surface area (Å²) in [4.78, 5) is 10.6. The fourth-order valence-electron chi connectivity index (χ4n) is 3.61. The van der Waals surface area contributed by atoms with Crippen LogP contribution in [0.1, 0.15) is 41.5 Å². The van der Waals surface area contributed by atoms with Gasteiger partial charge in [0.05, 0.1) is 0 Å². The minimum absolute atomic E-state index is 0.536. The molecule has 1 aromatic carbocycles. The monoisotopic (exact) mass is 324 g/mol. The van der Waals surface area contributed by atoms with Gasteiger partial charge in [-0.1, -0.05) is 59.7 Å². The number of para-hydroxylation sites is 1. The Morgan fingerprint density at radius 2 is 1.29 bits per heavy atom. The van der Waals surface area contributed by atoms with Crippen molar-refractivity contribution in [3.05, 3.63) is 24.3 Å². The first-order valence-electron chi connectivity index (χ1n) is 8.04. The van der Waals surface area contributed by atoms with Crippen molar-refractivity contribution >= 4 is 21.8 Å². The zero-order valence-electron chi connectivity index (χ0n) is 14.9. The molecule has 0 saturated carbocycles. The average Bonchev–Trinajstić information content (AvgIpc) is 2.33. The Kier molecular flexibility index (Phi) is 5.86. The van der Waals surface area contributed by atoms with E-state index >= 15 is 0 Å². The van der Waals surface area contributed by atoms with Crippen LogP contribution in [0.25, 0.3) is 0 Å². The molecule has 0 unspecified atom stereocenters. The second-order valence-electron chi connectivity index (χ2n) is 7.47. The van der Waals surface area contributed by atoms with E-state index in [-0.39, 0.29) is 0 Å². The predicted molar refractivity (Wildman–Crippen MR) is 97.5 cm³/mol. The molecule has 0 aliphatic carbocycles. The van der Waals surface area contributed by atoms with E-state index in [1.165, 1.54) is 0 Å². The van der Waals surface area contributed by atoms with Gasteiger partial charge in [0.1, 0.15) is 5.75 Å². The van der Waals surface area contributed by atoms with Crippen LogP contribution in [0.2, 0.25) is 29.7 Å². The van der Waals surface area contributed by atoms with Crippen LogP contribution >= 0.6 is 0 Å². The standard InChI is InChI=1S/C17H32O2Si2/c1-13(2)21(14(3)4,15(5)6)19-16-11-9-10-12-17(16)20(7,8)18/h9-15,18H,1-8H3. The summed E-state index contributed by atoms with van der Waals surface area (Å²) in [5.41, 5.74) is 1.61. The van der Waals surface area contributed by atoms with E-state index in [9.17, 15) is 4.80 Å². The molecule has 1 aromatic rings. The maximum absolute atomic E-state index is 10.6. The van der Waals surface area contributed by atoms with Gasteiger partial charge in [0, 0.05) is 5.19 Å². The molecule has 0 bridgehead atoms. The molecular formula is C17H32O2Si2. The summed E-state index contributed by atoms with van der Waals surface area (Å²) in [6, 6.07) is 8.08. The lowest BCUT2D eigenvalue weighted by Crippen LogP contribution is -2.53. The number of rotatable bonds is 6. The molecule has 0 spiro atoms. The summed E-state index contributed by atoms with van der Waals surface area (Å²) in [5, 5.41) is 1.02. The highest BCUT2D eigenvalue weighted by Gasteiger charge is 2.47. The van der Waals surface area contributed by atoms with Gasteiger partial charge in [-0.25, -0.2) is 0 Å². The van der Waals surface area contributed by atoms with Gasteiger partial charge >= 0.3 is 0 Å². The Balaban J connectivity index is 3.35. The van der Waals surface area contributed by atoms with Crippen LogP contribution in [0.5, 0.6) is 5.75 Å². The minimum Gasteiger partial charge on any atom is -0.543 e. The third kappa shape index (κ3) is 3.79. The Morgan fingerprint density at radius 3 is 1.67 bits per heavy atom. The van der Waals surface area contributed by atoms with Crippen LogP contribution in [-0.4, -0.2) is 21.4 Å². The third-order valence-electron chi connectivity index (χ3n) is 4.54. The van der Waals surface area contributed by atoms with Crippen LogP contribution in [0.3, 0.4) is 0 Å². The first-order chi connectivity index (χ1) is 9.53. The maximum atomic E-state index is 10.6. The van der Waals surface area contributed by atoms with E-state index < -0.39 is 16.6 Å². The van der Waals surface area contributed by atoms with E-state index in [1.807, 2.05) is 37.4 Å². The highest BCUT2D eigenvalue weighted by Crippen LogP contribution is 2.42. The maximum Gasteiger partial charge on any atom is 0.258 e. The zero-order chi connectivity index (χ0) is 16.4. The van der Waals surface area contributed by atoms with Gasteiger partial charge in [0.15, 0.2) is 0 Å². The van der Waals surface area contributed by atoms with Crippen molar-refractivity contribution in [1.29, 1.82) is 0 Å². The molecular weight excluding hydrogens is 292 g/mol. The molecule has 21 heavy (non-hydrogen) atoms. The topological polar surface area (TPSA) is 29.5 Å². The van der Waals surface area contributed by atoms with Crippen LogP contribution in [-0.2, 0) is 0 Å². The molecule has 1 N–H and O–H groups in total. The smallest absolute Gasteiger partial charge is 0.258 e. The summed E-state index contributed by atoms with van der Waals surface area (Å²) < 4.78 is 6.76. The van der Waals surface area contributed by atoms with Gasteiger partial charge in [-0.05, 0) is 35.8 Å². The minimum atomic E-state index is -2.38. The van der Waals surface area contributed by atoms with E-state index in [1.54, 1.807) is 0 Å². The van der Waals surface area contributed by atoms with Crippen molar-refractivity contribution in [2.75, 3.05) is 0 Å². The molecule has 0 aliphatic heterocycles. The number of benzene rings is 1. The molecule has 0 aliphatic rings. The first-order valence-corrected chi connectivity index (χ1v) is 13.1. The lowest BCUT2D eigenvalue weighted by atomic mass is 10.3. The lowest BCUT2D eigenvalue weighted by Gasteiger charge is -2.43. The Labute approximate surface area is 132 Å². The molecule has 2 nitrogen and oxygen atoms in total. The highest BCUT2D eigenvalue weighted by atomic mass is 28.4. The fourth-order valence-corrected chi connectivity index (χ4v) is 10.2. The summed E-state index contributed by atoms with van der Waals surface area (Å²) >= 11 is 0. The van der Waals surface area contributed by atoms with E-state index in [0.717, 1.165) is 10.9 Å². The molecule has 1 rings (SSSR count). The molecule has 0 aromatic heterocycles. The Hall–Kier alpha value is -0.586. The van der Waals surface area contributed by atoms with E-state index in [0.29, 0.717) is 16.6 Å². The Bertz CT molecular complexity index is 440. The van der Waals surface area contributed by atoms with Gasteiger partial charge in [0.25, 0.3) is 8.32 Å². The highest BCUT2D eigenvalue weighted by molar-refractivity contribution is 6.84. The number of hydrogen-bond acceptors (Lipinski definition) is 2. The van der Waals surface area contributed by atoms with Crippen LogP contribution in [0.15, 0.2) is 24.3 Å². The molecule has 0 saturated heterocycles. The van der Waals surface area contributed by atoms with Crippen molar-refractivity contribution in [2.45, 2.75) is 71.3 Å². The molecule has 0 atom stereocenters. The van der Waals surface area contributed by atoms with Gasteiger partial charge in [0.2, 0.25) is 8.32 Å². The molecule has 0 heterocycles. The van der Waals surface area contributed by atoms with Crippen molar-refractivity contribution < 1.29 is 9.22 Å². The molecule has 0 fully saturated rings. The Morgan fingerprint density at radius 1 is 0.857 bits per heavy atom. The molecule has 4 heteroatoms. The van der Waals surface area contributed by atoms with Gasteiger partial charge in [-0.15, -0.1) is 0 Å². The molecule has 120 valence electrons. The second kappa shape index (κ2) is 6.67. The predicted octanol–water partition coefficient (Wildman–Crippen LogP) is 4.65. The van der Waals surface area contributed by atoms with Crippen LogP contribution in [0, 0.1) is 0 Å². The number of hydrogen-bond donors (Lipinski definition) is 1. The molecule has 0 amide bonds. The largest absolute Gasteiger partial charge is 0.543 e. The second-order valence-corrected chi connectivity index (χ2v) is 16.5. The summed E-state index contributed by atoms with van der Waals surface area (Å²) in [6.45, 7) is 17.6. The van der Waals surface area contributed by atoms with Crippen molar-refractivity contribution in [2.24, 2.45) is 0 Å². The lowest BCUT2D eigenvalue weighted by molar-refractivity contribution is 0.480.